The van der Waals surface area contributed by atoms with Gasteiger partial charge in [-0.2, -0.15) is 0 Å². The van der Waals surface area contributed by atoms with E-state index in [4.69, 9.17) is 11.6 Å². The zero-order chi connectivity index (χ0) is 12.7. The molecule has 0 spiro atoms. The fraction of sp³-hybridized carbons (Fsp3) is 0.467. The molecular weight excluding hydrogens is 244 g/mol. The van der Waals surface area contributed by atoms with Crippen LogP contribution in [0.3, 0.4) is 0 Å². The van der Waals surface area contributed by atoms with Crippen LogP contribution in [0.5, 0.6) is 0 Å². The van der Waals surface area contributed by atoms with Crippen LogP contribution in [0.2, 0.25) is 5.02 Å². The van der Waals surface area contributed by atoms with Crippen molar-refractivity contribution in [3.8, 4) is 0 Å². The fourth-order valence-electron chi connectivity index (χ4n) is 2.53. The summed E-state index contributed by atoms with van der Waals surface area (Å²) in [6.07, 6.45) is 2.65. The summed E-state index contributed by atoms with van der Waals surface area (Å²) >= 11 is 6.11. The number of hydrogen-bond donors (Lipinski definition) is 1. The molecule has 3 heteroatoms. The summed E-state index contributed by atoms with van der Waals surface area (Å²) in [7, 11) is 0. The van der Waals surface area contributed by atoms with Crippen LogP contribution in [0, 0.1) is 0 Å². The molecule has 96 valence electrons. The Labute approximate surface area is 113 Å². The van der Waals surface area contributed by atoms with Gasteiger partial charge in [0.25, 0.3) is 0 Å². The molecule has 1 aromatic heterocycles. The van der Waals surface area contributed by atoms with E-state index in [1.807, 2.05) is 6.07 Å². The van der Waals surface area contributed by atoms with Gasteiger partial charge in [0.1, 0.15) is 0 Å². The Morgan fingerprint density at radius 3 is 2.78 bits per heavy atom. The molecule has 0 aliphatic heterocycles. The van der Waals surface area contributed by atoms with Crippen LogP contribution >= 0.6 is 11.6 Å². The zero-order valence-electron chi connectivity index (χ0n) is 10.9. The van der Waals surface area contributed by atoms with Crippen molar-refractivity contribution in [2.24, 2.45) is 0 Å². The van der Waals surface area contributed by atoms with Crippen molar-refractivity contribution in [1.29, 1.82) is 0 Å². The molecule has 0 radical (unpaired) electrons. The number of fused-ring (bicyclic) bond motifs is 1. The third kappa shape index (κ3) is 2.27. The molecule has 0 amide bonds. The molecule has 1 aromatic carbocycles. The highest BCUT2D eigenvalue weighted by atomic mass is 35.5. The van der Waals surface area contributed by atoms with E-state index < -0.39 is 0 Å². The average Bonchev–Trinajstić information content (AvgIpc) is 3.07. The van der Waals surface area contributed by atoms with Crippen LogP contribution in [-0.2, 0) is 6.54 Å². The van der Waals surface area contributed by atoms with Gasteiger partial charge in [-0.15, -0.1) is 0 Å². The van der Waals surface area contributed by atoms with Crippen LogP contribution in [-0.4, -0.2) is 10.6 Å². The van der Waals surface area contributed by atoms with Gasteiger partial charge < -0.3 is 9.88 Å². The molecule has 1 aliphatic rings. The number of halogens is 1. The first-order valence-corrected chi connectivity index (χ1v) is 7.05. The highest BCUT2D eigenvalue weighted by Crippen LogP contribution is 2.27. The quantitative estimate of drug-likeness (QED) is 0.877. The SMILES string of the molecule is CC(C)n1c(CNC2CC2)cc2ccc(Cl)cc21. The standard InChI is InChI=1S/C15H19ClN2/c1-10(2)18-14(9-17-13-5-6-13)7-11-3-4-12(16)8-15(11)18/h3-4,7-8,10,13,17H,5-6,9H2,1-2H3. The van der Waals surface area contributed by atoms with Crippen molar-refractivity contribution >= 4 is 22.5 Å². The number of benzene rings is 1. The van der Waals surface area contributed by atoms with E-state index in [1.54, 1.807) is 0 Å². The second kappa shape index (κ2) is 4.60. The third-order valence-corrected chi connectivity index (χ3v) is 3.78. The summed E-state index contributed by atoms with van der Waals surface area (Å²) in [6.45, 7) is 5.40. The van der Waals surface area contributed by atoms with E-state index in [0.717, 1.165) is 17.6 Å². The van der Waals surface area contributed by atoms with Gasteiger partial charge in [-0.3, -0.25) is 0 Å². The zero-order valence-corrected chi connectivity index (χ0v) is 11.7. The van der Waals surface area contributed by atoms with Crippen LogP contribution < -0.4 is 5.32 Å². The normalized spacial score (nSPS) is 15.8. The van der Waals surface area contributed by atoms with E-state index >= 15 is 0 Å². The van der Waals surface area contributed by atoms with Gasteiger partial charge in [0, 0.05) is 40.2 Å². The summed E-state index contributed by atoms with van der Waals surface area (Å²) in [6, 6.07) is 9.62. The summed E-state index contributed by atoms with van der Waals surface area (Å²) in [5.41, 5.74) is 2.60. The molecule has 0 bridgehead atoms. The van der Waals surface area contributed by atoms with E-state index in [-0.39, 0.29) is 0 Å². The Morgan fingerprint density at radius 1 is 1.33 bits per heavy atom. The Kier molecular flexibility index (Phi) is 3.08. The molecular formula is C15H19ClN2. The van der Waals surface area contributed by atoms with E-state index in [2.05, 4.69) is 41.9 Å². The lowest BCUT2D eigenvalue weighted by Gasteiger charge is -2.15. The number of hydrogen-bond acceptors (Lipinski definition) is 1. The maximum Gasteiger partial charge on any atom is 0.0500 e. The summed E-state index contributed by atoms with van der Waals surface area (Å²) < 4.78 is 2.39. The first-order chi connectivity index (χ1) is 8.65. The number of rotatable bonds is 4. The van der Waals surface area contributed by atoms with Crippen LogP contribution in [0.25, 0.3) is 10.9 Å². The first-order valence-electron chi connectivity index (χ1n) is 6.68. The lowest BCUT2D eigenvalue weighted by atomic mass is 10.2. The maximum absolute atomic E-state index is 6.11. The van der Waals surface area contributed by atoms with Crippen molar-refractivity contribution in [2.75, 3.05) is 0 Å². The molecule has 1 saturated carbocycles. The van der Waals surface area contributed by atoms with Crippen LogP contribution in [0.4, 0.5) is 0 Å². The lowest BCUT2D eigenvalue weighted by molar-refractivity contribution is 0.565. The van der Waals surface area contributed by atoms with Crippen LogP contribution in [0.15, 0.2) is 24.3 Å². The van der Waals surface area contributed by atoms with Crippen LogP contribution in [0.1, 0.15) is 38.4 Å². The highest BCUT2D eigenvalue weighted by Gasteiger charge is 2.21. The second-order valence-corrected chi connectivity index (χ2v) is 5.89. The molecule has 3 rings (SSSR count). The van der Waals surface area contributed by atoms with Gasteiger partial charge in [0.2, 0.25) is 0 Å². The Balaban J connectivity index is 2.02. The van der Waals surface area contributed by atoms with Gasteiger partial charge in [-0.25, -0.2) is 0 Å². The monoisotopic (exact) mass is 262 g/mol. The van der Waals surface area contributed by atoms with E-state index in [0.29, 0.717) is 6.04 Å². The maximum atomic E-state index is 6.11. The molecule has 2 nitrogen and oxygen atoms in total. The van der Waals surface area contributed by atoms with Crippen molar-refractivity contribution in [2.45, 2.75) is 45.3 Å². The fourth-order valence-corrected chi connectivity index (χ4v) is 2.70. The minimum absolute atomic E-state index is 0.456. The van der Waals surface area contributed by atoms with Gasteiger partial charge in [0.15, 0.2) is 0 Å². The van der Waals surface area contributed by atoms with Crippen molar-refractivity contribution < 1.29 is 0 Å². The van der Waals surface area contributed by atoms with E-state index in [1.165, 1.54) is 29.4 Å². The molecule has 1 aliphatic carbocycles. The van der Waals surface area contributed by atoms with Crippen molar-refractivity contribution in [3.05, 3.63) is 35.0 Å². The molecule has 2 aromatic rings. The summed E-state index contributed by atoms with van der Waals surface area (Å²) in [5, 5.41) is 5.68. The molecule has 1 N–H and O–H groups in total. The minimum atomic E-state index is 0.456. The number of nitrogens with one attached hydrogen (secondary N) is 1. The lowest BCUT2D eigenvalue weighted by Crippen LogP contribution is -2.18. The summed E-state index contributed by atoms with van der Waals surface area (Å²) in [5.74, 6) is 0. The van der Waals surface area contributed by atoms with Crippen molar-refractivity contribution in [3.63, 3.8) is 0 Å². The predicted octanol–water partition coefficient (Wildman–Crippen LogP) is 4.13. The topological polar surface area (TPSA) is 17.0 Å². The van der Waals surface area contributed by atoms with Crippen molar-refractivity contribution in [1.82, 2.24) is 9.88 Å². The minimum Gasteiger partial charge on any atom is -0.341 e. The largest absolute Gasteiger partial charge is 0.341 e. The molecule has 1 heterocycles. The second-order valence-electron chi connectivity index (χ2n) is 5.46. The molecule has 1 fully saturated rings. The van der Waals surface area contributed by atoms with Gasteiger partial charge in [0.05, 0.1) is 0 Å². The summed E-state index contributed by atoms with van der Waals surface area (Å²) in [4.78, 5) is 0. The van der Waals surface area contributed by atoms with Gasteiger partial charge in [-0.1, -0.05) is 17.7 Å². The Hall–Kier alpha value is -0.990. The Morgan fingerprint density at radius 2 is 2.11 bits per heavy atom. The first kappa shape index (κ1) is 12.1. The van der Waals surface area contributed by atoms with Gasteiger partial charge >= 0.3 is 0 Å². The van der Waals surface area contributed by atoms with E-state index in [9.17, 15) is 0 Å². The number of aromatic nitrogens is 1. The smallest absolute Gasteiger partial charge is 0.0500 e. The molecule has 0 atom stereocenters. The molecule has 0 saturated heterocycles. The molecule has 18 heavy (non-hydrogen) atoms. The number of nitrogens with zero attached hydrogens (tertiary/aromatic N) is 1. The average molecular weight is 263 g/mol. The predicted molar refractivity (Wildman–Crippen MR) is 77.2 cm³/mol. The third-order valence-electron chi connectivity index (χ3n) is 3.55. The highest BCUT2D eigenvalue weighted by molar-refractivity contribution is 6.31. The Bertz CT molecular complexity index is 567. The van der Waals surface area contributed by atoms with Gasteiger partial charge in [-0.05, 0) is 44.9 Å². The molecule has 0 unspecified atom stereocenters.